The molecule has 1 saturated heterocycles. The van der Waals surface area contributed by atoms with Gasteiger partial charge in [-0.1, -0.05) is 0 Å². The summed E-state index contributed by atoms with van der Waals surface area (Å²) in [6, 6.07) is 8.43. The first-order chi connectivity index (χ1) is 8.93. The fourth-order valence-electron chi connectivity index (χ4n) is 2.65. The second kappa shape index (κ2) is 5.17. The normalized spacial score (nSPS) is 16.8. The van der Waals surface area contributed by atoms with E-state index in [0.29, 0.717) is 5.92 Å². The molecule has 0 aliphatic carbocycles. The predicted octanol–water partition coefficient (Wildman–Crippen LogP) is 2.86. The number of nitrogens with zero attached hydrogens (tertiary/aromatic N) is 3. The molecule has 3 nitrogen and oxygen atoms in total. The third-order valence-electron chi connectivity index (χ3n) is 3.68. The molecule has 3 heterocycles. The molecule has 1 fully saturated rings. The lowest BCUT2D eigenvalue weighted by molar-refractivity contribution is 0.505. The van der Waals surface area contributed by atoms with Crippen molar-refractivity contribution >= 4 is 5.69 Å². The van der Waals surface area contributed by atoms with E-state index in [9.17, 15) is 0 Å². The van der Waals surface area contributed by atoms with E-state index in [1.165, 1.54) is 24.1 Å². The van der Waals surface area contributed by atoms with Crippen molar-refractivity contribution in [1.29, 1.82) is 0 Å². The summed E-state index contributed by atoms with van der Waals surface area (Å²) in [6.07, 6.45) is 9.98. The summed E-state index contributed by atoms with van der Waals surface area (Å²) in [5.41, 5.74) is 2.67. The smallest absolute Gasteiger partial charge is 0.0552 e. The van der Waals surface area contributed by atoms with Gasteiger partial charge in [0.25, 0.3) is 0 Å². The fourth-order valence-corrected chi connectivity index (χ4v) is 2.65. The minimum atomic E-state index is 0.681. The number of hydrogen-bond donors (Lipinski definition) is 0. The monoisotopic (exact) mass is 239 g/mol. The second-order valence-electron chi connectivity index (χ2n) is 4.75. The molecule has 0 atom stereocenters. The van der Waals surface area contributed by atoms with Crippen LogP contribution in [0.2, 0.25) is 0 Å². The molecule has 0 spiro atoms. The van der Waals surface area contributed by atoms with Gasteiger partial charge in [-0.2, -0.15) is 0 Å². The summed E-state index contributed by atoms with van der Waals surface area (Å²) >= 11 is 0. The van der Waals surface area contributed by atoms with Gasteiger partial charge in [0.05, 0.1) is 11.9 Å². The van der Waals surface area contributed by atoms with Crippen molar-refractivity contribution in [3.63, 3.8) is 0 Å². The maximum absolute atomic E-state index is 4.19. The largest absolute Gasteiger partial charge is 0.370 e. The summed E-state index contributed by atoms with van der Waals surface area (Å²) in [7, 11) is 0. The minimum absolute atomic E-state index is 0.681. The molecule has 0 aromatic carbocycles. The van der Waals surface area contributed by atoms with Crippen molar-refractivity contribution in [1.82, 2.24) is 9.97 Å². The van der Waals surface area contributed by atoms with Crippen LogP contribution in [-0.2, 0) is 0 Å². The van der Waals surface area contributed by atoms with E-state index >= 15 is 0 Å². The molecule has 92 valence electrons. The van der Waals surface area contributed by atoms with Gasteiger partial charge in [-0.15, -0.1) is 0 Å². The van der Waals surface area contributed by atoms with Gasteiger partial charge in [-0.3, -0.25) is 9.97 Å². The van der Waals surface area contributed by atoms with Gasteiger partial charge < -0.3 is 4.90 Å². The summed E-state index contributed by atoms with van der Waals surface area (Å²) in [5.74, 6) is 0.681. The standard InChI is InChI=1S/C15H17N3/c1-2-15(12-17-7-1)18-10-5-14(6-11-18)13-3-8-16-9-4-13/h1-4,7-9,12,14H,5-6,10-11H2. The average molecular weight is 239 g/mol. The number of piperidine rings is 1. The van der Waals surface area contributed by atoms with Crippen LogP contribution >= 0.6 is 0 Å². The van der Waals surface area contributed by atoms with Gasteiger partial charge in [-0.25, -0.2) is 0 Å². The molecule has 0 bridgehead atoms. The number of hydrogen-bond acceptors (Lipinski definition) is 3. The van der Waals surface area contributed by atoms with Gasteiger partial charge in [0.15, 0.2) is 0 Å². The highest BCUT2D eigenvalue weighted by atomic mass is 15.1. The van der Waals surface area contributed by atoms with E-state index in [4.69, 9.17) is 0 Å². The molecule has 3 heteroatoms. The Bertz CT molecular complexity index is 428. The molecule has 1 aliphatic rings. The fraction of sp³-hybridized carbons (Fsp3) is 0.333. The molecule has 2 aromatic heterocycles. The van der Waals surface area contributed by atoms with Gasteiger partial charge >= 0.3 is 0 Å². The van der Waals surface area contributed by atoms with Crippen molar-refractivity contribution in [2.24, 2.45) is 0 Å². The van der Waals surface area contributed by atoms with E-state index < -0.39 is 0 Å². The Hall–Kier alpha value is -1.90. The Balaban J connectivity index is 1.65. The van der Waals surface area contributed by atoms with Crippen LogP contribution in [0.15, 0.2) is 49.1 Å². The zero-order valence-electron chi connectivity index (χ0n) is 10.4. The van der Waals surface area contributed by atoms with E-state index in [1.807, 2.05) is 30.9 Å². The van der Waals surface area contributed by atoms with Crippen LogP contribution in [0.4, 0.5) is 5.69 Å². The lowest BCUT2D eigenvalue weighted by Gasteiger charge is -2.33. The molecule has 18 heavy (non-hydrogen) atoms. The number of aromatic nitrogens is 2. The molecule has 0 amide bonds. The van der Waals surface area contributed by atoms with Gasteiger partial charge in [0.1, 0.15) is 0 Å². The third-order valence-corrected chi connectivity index (χ3v) is 3.68. The topological polar surface area (TPSA) is 29.0 Å². The molecular formula is C15H17N3. The molecule has 3 rings (SSSR count). The summed E-state index contributed by atoms with van der Waals surface area (Å²) in [5, 5.41) is 0. The maximum atomic E-state index is 4.19. The average Bonchev–Trinajstić information content (AvgIpc) is 2.49. The molecular weight excluding hydrogens is 222 g/mol. The highest BCUT2D eigenvalue weighted by Crippen LogP contribution is 2.29. The quantitative estimate of drug-likeness (QED) is 0.807. The van der Waals surface area contributed by atoms with Crippen molar-refractivity contribution in [2.45, 2.75) is 18.8 Å². The summed E-state index contributed by atoms with van der Waals surface area (Å²) in [4.78, 5) is 10.7. The SMILES string of the molecule is c1cncc(N2CCC(c3ccncc3)CC2)c1. The summed E-state index contributed by atoms with van der Waals surface area (Å²) < 4.78 is 0. The van der Waals surface area contributed by atoms with Crippen LogP contribution in [0.25, 0.3) is 0 Å². The van der Waals surface area contributed by atoms with Crippen molar-refractivity contribution in [3.8, 4) is 0 Å². The highest BCUT2D eigenvalue weighted by Gasteiger charge is 2.20. The van der Waals surface area contributed by atoms with Crippen molar-refractivity contribution < 1.29 is 0 Å². The van der Waals surface area contributed by atoms with Crippen molar-refractivity contribution in [3.05, 3.63) is 54.6 Å². The zero-order chi connectivity index (χ0) is 12.2. The Morgan fingerprint density at radius 2 is 1.72 bits per heavy atom. The molecule has 0 N–H and O–H groups in total. The predicted molar refractivity (Wildman–Crippen MR) is 72.7 cm³/mol. The number of rotatable bonds is 2. The lowest BCUT2D eigenvalue weighted by atomic mass is 9.90. The van der Waals surface area contributed by atoms with Gasteiger partial charge in [-0.05, 0) is 48.6 Å². The molecule has 0 unspecified atom stereocenters. The van der Waals surface area contributed by atoms with Crippen LogP contribution < -0.4 is 4.90 Å². The van der Waals surface area contributed by atoms with Crippen LogP contribution in [-0.4, -0.2) is 23.1 Å². The van der Waals surface area contributed by atoms with Crippen LogP contribution in [0.3, 0.4) is 0 Å². The number of anilines is 1. The molecule has 2 aromatic rings. The molecule has 1 aliphatic heterocycles. The van der Waals surface area contributed by atoms with Gasteiger partial charge in [0.2, 0.25) is 0 Å². The third kappa shape index (κ3) is 2.35. The van der Waals surface area contributed by atoms with E-state index in [2.05, 4.69) is 33.1 Å². The second-order valence-corrected chi connectivity index (χ2v) is 4.75. The lowest BCUT2D eigenvalue weighted by Crippen LogP contribution is -2.32. The van der Waals surface area contributed by atoms with E-state index in [1.54, 1.807) is 0 Å². The first-order valence-corrected chi connectivity index (χ1v) is 6.48. The summed E-state index contributed by atoms with van der Waals surface area (Å²) in [6.45, 7) is 2.22. The Morgan fingerprint density at radius 1 is 0.944 bits per heavy atom. The number of pyridine rings is 2. The van der Waals surface area contributed by atoms with Crippen LogP contribution in [0.1, 0.15) is 24.3 Å². The van der Waals surface area contributed by atoms with Crippen LogP contribution in [0, 0.1) is 0 Å². The first kappa shape index (κ1) is 11.2. The van der Waals surface area contributed by atoms with Crippen molar-refractivity contribution in [2.75, 3.05) is 18.0 Å². The Morgan fingerprint density at radius 3 is 2.39 bits per heavy atom. The highest BCUT2D eigenvalue weighted by molar-refractivity contribution is 5.44. The molecule has 0 radical (unpaired) electrons. The zero-order valence-corrected chi connectivity index (χ0v) is 10.4. The van der Waals surface area contributed by atoms with Gasteiger partial charge in [0, 0.05) is 31.7 Å². The Kier molecular flexibility index (Phi) is 3.22. The molecule has 0 saturated carbocycles. The first-order valence-electron chi connectivity index (χ1n) is 6.48. The Labute approximate surface area is 108 Å². The van der Waals surface area contributed by atoms with E-state index in [0.717, 1.165) is 13.1 Å². The minimum Gasteiger partial charge on any atom is -0.370 e. The van der Waals surface area contributed by atoms with E-state index in [-0.39, 0.29) is 0 Å². The maximum Gasteiger partial charge on any atom is 0.0552 e. The van der Waals surface area contributed by atoms with Crippen LogP contribution in [0.5, 0.6) is 0 Å².